The molecular weight excluding hydrogens is 380 g/mol. The molecule has 3 aromatic carbocycles. The average molecular weight is 399 g/mol. The fourth-order valence-corrected chi connectivity index (χ4v) is 3.00. The number of aliphatic hydroxyl groups is 1. The van der Waals surface area contributed by atoms with Crippen LogP contribution in [0.2, 0.25) is 0 Å². The minimum atomic E-state index is -0.892. The van der Waals surface area contributed by atoms with Crippen molar-refractivity contribution in [2.75, 3.05) is 0 Å². The molecule has 3 rings (SSSR count). The molecule has 0 amide bonds. The number of ether oxygens (including phenoxy) is 1. The molecule has 1 atom stereocenters. The number of phenolic OH excluding ortho intramolecular Hbond substituents is 1. The van der Waals surface area contributed by atoms with E-state index in [-0.39, 0.29) is 5.75 Å². The Morgan fingerprint density at radius 1 is 1.00 bits per heavy atom. The second kappa shape index (κ2) is 7.72. The van der Waals surface area contributed by atoms with Crippen molar-refractivity contribution in [3.05, 3.63) is 93.5 Å². The Hall–Kier alpha value is -2.30. The first-order valence-corrected chi connectivity index (χ1v) is 8.77. The first-order valence-electron chi connectivity index (χ1n) is 7.98. The number of hydrogen-bond acceptors (Lipinski definition) is 3. The Bertz CT molecular complexity index is 822. The van der Waals surface area contributed by atoms with Crippen molar-refractivity contribution in [2.24, 2.45) is 0 Å². The van der Waals surface area contributed by atoms with Crippen molar-refractivity contribution in [3.63, 3.8) is 0 Å². The Morgan fingerprint density at radius 2 is 1.68 bits per heavy atom. The number of rotatable bonds is 5. The fraction of sp³-hybridized carbons (Fsp3) is 0.143. The fourth-order valence-electron chi connectivity index (χ4n) is 2.74. The number of hydrogen-bond donors (Lipinski definition) is 2. The molecule has 0 saturated carbocycles. The van der Waals surface area contributed by atoms with Crippen LogP contribution in [-0.4, -0.2) is 10.2 Å². The van der Waals surface area contributed by atoms with E-state index in [1.807, 2.05) is 67.6 Å². The maximum Gasteiger partial charge on any atom is 0.125 e. The van der Waals surface area contributed by atoms with Gasteiger partial charge in [0, 0.05) is 16.1 Å². The Balaban J connectivity index is 1.81. The van der Waals surface area contributed by atoms with E-state index in [2.05, 4.69) is 15.9 Å². The summed E-state index contributed by atoms with van der Waals surface area (Å²) < 4.78 is 6.70. The zero-order valence-corrected chi connectivity index (χ0v) is 15.4. The third-order valence-corrected chi connectivity index (χ3v) is 4.57. The summed E-state index contributed by atoms with van der Waals surface area (Å²) in [4.78, 5) is 0. The van der Waals surface area contributed by atoms with Crippen LogP contribution >= 0.6 is 15.9 Å². The van der Waals surface area contributed by atoms with Gasteiger partial charge in [-0.3, -0.25) is 0 Å². The van der Waals surface area contributed by atoms with Crippen LogP contribution in [0.25, 0.3) is 0 Å². The third kappa shape index (κ3) is 4.21. The molecule has 0 fully saturated rings. The largest absolute Gasteiger partial charge is 0.507 e. The van der Waals surface area contributed by atoms with Crippen molar-refractivity contribution < 1.29 is 14.9 Å². The molecule has 3 aromatic rings. The summed E-state index contributed by atoms with van der Waals surface area (Å²) in [5, 5.41) is 21.0. The molecule has 0 aliphatic carbocycles. The molecule has 0 aliphatic heterocycles. The number of aromatic hydroxyl groups is 1. The maximum atomic E-state index is 10.6. The van der Waals surface area contributed by atoms with Crippen molar-refractivity contribution in [1.82, 2.24) is 0 Å². The molecule has 3 nitrogen and oxygen atoms in total. The lowest BCUT2D eigenvalue weighted by Crippen LogP contribution is -2.03. The van der Waals surface area contributed by atoms with Gasteiger partial charge < -0.3 is 14.9 Å². The van der Waals surface area contributed by atoms with Gasteiger partial charge in [0.25, 0.3) is 0 Å². The van der Waals surface area contributed by atoms with E-state index in [1.54, 1.807) is 6.07 Å². The molecule has 128 valence electrons. The Kier molecular flexibility index (Phi) is 5.41. The van der Waals surface area contributed by atoms with Crippen LogP contribution in [0.5, 0.6) is 11.5 Å². The summed E-state index contributed by atoms with van der Waals surface area (Å²) in [7, 11) is 0. The summed E-state index contributed by atoms with van der Waals surface area (Å²) in [6.07, 6.45) is -0.892. The zero-order valence-electron chi connectivity index (χ0n) is 13.8. The minimum Gasteiger partial charge on any atom is -0.507 e. The van der Waals surface area contributed by atoms with Crippen molar-refractivity contribution >= 4 is 15.9 Å². The highest BCUT2D eigenvalue weighted by Gasteiger charge is 2.18. The standard InChI is InChI=1S/C21H19BrO3/c1-14-11-18(25-13-15-5-3-2-4-6-15)12-19(23)20(14)21(24)16-7-9-17(22)10-8-16/h2-12,21,23-24H,13H2,1H3. The van der Waals surface area contributed by atoms with Crippen LogP contribution in [0.15, 0.2) is 71.2 Å². The first-order chi connectivity index (χ1) is 12.0. The summed E-state index contributed by atoms with van der Waals surface area (Å²) in [5.74, 6) is 0.601. The molecule has 0 saturated heterocycles. The van der Waals surface area contributed by atoms with Gasteiger partial charge in [-0.1, -0.05) is 58.4 Å². The number of benzene rings is 3. The van der Waals surface area contributed by atoms with Crippen molar-refractivity contribution in [2.45, 2.75) is 19.6 Å². The second-order valence-corrected chi connectivity index (χ2v) is 6.82. The van der Waals surface area contributed by atoms with E-state index in [1.165, 1.54) is 0 Å². The minimum absolute atomic E-state index is 0.0264. The van der Waals surface area contributed by atoms with E-state index in [0.29, 0.717) is 17.9 Å². The van der Waals surface area contributed by atoms with Gasteiger partial charge in [0.1, 0.15) is 24.2 Å². The molecule has 0 bridgehead atoms. The first kappa shape index (κ1) is 17.5. The average Bonchev–Trinajstić information content (AvgIpc) is 2.61. The number of aliphatic hydroxyl groups excluding tert-OH is 1. The smallest absolute Gasteiger partial charge is 0.125 e. The number of phenols is 1. The lowest BCUT2D eigenvalue weighted by atomic mass is 9.96. The lowest BCUT2D eigenvalue weighted by molar-refractivity contribution is 0.214. The molecule has 0 aliphatic rings. The molecule has 0 spiro atoms. The normalized spacial score (nSPS) is 12.0. The van der Waals surface area contributed by atoms with Gasteiger partial charge in [-0.25, -0.2) is 0 Å². The van der Waals surface area contributed by atoms with Crippen LogP contribution in [0, 0.1) is 6.92 Å². The molecule has 25 heavy (non-hydrogen) atoms. The molecule has 2 N–H and O–H groups in total. The topological polar surface area (TPSA) is 49.7 Å². The molecular formula is C21H19BrO3. The predicted octanol–water partition coefficient (Wildman–Crippen LogP) is 5.12. The Labute approximate surface area is 155 Å². The van der Waals surface area contributed by atoms with Crippen molar-refractivity contribution in [3.8, 4) is 11.5 Å². The highest BCUT2D eigenvalue weighted by molar-refractivity contribution is 9.10. The highest BCUT2D eigenvalue weighted by Crippen LogP contribution is 2.35. The van der Waals surface area contributed by atoms with E-state index in [9.17, 15) is 10.2 Å². The van der Waals surface area contributed by atoms with Crippen LogP contribution in [0.4, 0.5) is 0 Å². The van der Waals surface area contributed by atoms with Crippen LogP contribution in [-0.2, 0) is 6.61 Å². The number of aryl methyl sites for hydroxylation is 1. The van der Waals surface area contributed by atoms with Gasteiger partial charge in [-0.05, 0) is 41.8 Å². The van der Waals surface area contributed by atoms with E-state index in [0.717, 1.165) is 21.2 Å². The Morgan fingerprint density at radius 3 is 2.32 bits per heavy atom. The van der Waals surface area contributed by atoms with Gasteiger partial charge in [0.15, 0.2) is 0 Å². The predicted molar refractivity (Wildman–Crippen MR) is 102 cm³/mol. The maximum absolute atomic E-state index is 10.6. The summed E-state index contributed by atoms with van der Waals surface area (Å²) >= 11 is 3.38. The van der Waals surface area contributed by atoms with Gasteiger partial charge in [0.05, 0.1) is 0 Å². The van der Waals surface area contributed by atoms with Gasteiger partial charge in [0.2, 0.25) is 0 Å². The summed E-state index contributed by atoms with van der Waals surface area (Å²) in [6, 6.07) is 20.6. The van der Waals surface area contributed by atoms with Crippen LogP contribution in [0.3, 0.4) is 0 Å². The molecule has 4 heteroatoms. The monoisotopic (exact) mass is 398 g/mol. The van der Waals surface area contributed by atoms with E-state index < -0.39 is 6.10 Å². The van der Waals surface area contributed by atoms with Crippen molar-refractivity contribution in [1.29, 1.82) is 0 Å². The SMILES string of the molecule is Cc1cc(OCc2ccccc2)cc(O)c1C(O)c1ccc(Br)cc1. The zero-order chi connectivity index (χ0) is 17.8. The quantitative estimate of drug-likeness (QED) is 0.626. The van der Waals surface area contributed by atoms with Gasteiger partial charge in [-0.2, -0.15) is 0 Å². The molecule has 0 heterocycles. The second-order valence-electron chi connectivity index (χ2n) is 5.90. The third-order valence-electron chi connectivity index (χ3n) is 4.05. The van der Waals surface area contributed by atoms with Crippen LogP contribution in [0.1, 0.15) is 28.4 Å². The van der Waals surface area contributed by atoms with Gasteiger partial charge in [-0.15, -0.1) is 0 Å². The number of halogens is 1. The lowest BCUT2D eigenvalue weighted by Gasteiger charge is -2.17. The van der Waals surface area contributed by atoms with E-state index in [4.69, 9.17) is 4.74 Å². The van der Waals surface area contributed by atoms with Crippen LogP contribution < -0.4 is 4.74 Å². The molecule has 0 aromatic heterocycles. The van der Waals surface area contributed by atoms with Gasteiger partial charge >= 0.3 is 0 Å². The summed E-state index contributed by atoms with van der Waals surface area (Å²) in [5.41, 5.74) is 3.05. The molecule has 0 radical (unpaired) electrons. The van der Waals surface area contributed by atoms with E-state index >= 15 is 0 Å². The highest BCUT2D eigenvalue weighted by atomic mass is 79.9. The summed E-state index contributed by atoms with van der Waals surface area (Å²) in [6.45, 7) is 2.28. The molecule has 1 unspecified atom stereocenters.